The molecule has 6 heteroatoms. The Labute approximate surface area is 152 Å². The predicted octanol–water partition coefficient (Wildman–Crippen LogP) is 3.22. The Balaban J connectivity index is 1.66. The Morgan fingerprint density at radius 3 is 2.46 bits per heavy atom. The number of aromatic nitrogens is 2. The summed E-state index contributed by atoms with van der Waals surface area (Å²) in [6.45, 7) is 0.611. The van der Waals surface area contributed by atoms with Crippen molar-refractivity contribution in [1.82, 2.24) is 15.3 Å². The van der Waals surface area contributed by atoms with E-state index in [1.54, 1.807) is 13.4 Å². The number of para-hydroxylation sites is 1. The summed E-state index contributed by atoms with van der Waals surface area (Å²) in [5, 5.41) is 5.90. The minimum Gasteiger partial charge on any atom is -0.366 e. The van der Waals surface area contributed by atoms with E-state index in [0.717, 1.165) is 22.9 Å². The highest BCUT2D eigenvalue weighted by molar-refractivity contribution is 5.93. The van der Waals surface area contributed by atoms with Gasteiger partial charge in [-0.25, -0.2) is 9.97 Å². The molecule has 1 amide bonds. The average molecular weight is 347 g/mol. The molecule has 3 rings (SSSR count). The summed E-state index contributed by atoms with van der Waals surface area (Å²) in [7, 11) is 3.59. The van der Waals surface area contributed by atoms with Crippen LogP contribution in [0.2, 0.25) is 0 Å². The molecule has 2 aromatic carbocycles. The van der Waals surface area contributed by atoms with E-state index >= 15 is 0 Å². The van der Waals surface area contributed by atoms with Crippen molar-refractivity contribution in [3.8, 4) is 0 Å². The molecule has 0 aliphatic rings. The van der Waals surface area contributed by atoms with Gasteiger partial charge in [0.1, 0.15) is 18.0 Å². The van der Waals surface area contributed by atoms with Crippen LogP contribution in [-0.2, 0) is 6.54 Å². The molecule has 0 aliphatic carbocycles. The molecule has 0 atom stereocenters. The fourth-order valence-electron chi connectivity index (χ4n) is 2.52. The fraction of sp³-hybridized carbons (Fsp3) is 0.150. The third kappa shape index (κ3) is 4.16. The first-order valence-electron chi connectivity index (χ1n) is 8.33. The first kappa shape index (κ1) is 17.4. The third-order valence-corrected chi connectivity index (χ3v) is 4.06. The molecule has 0 unspecified atom stereocenters. The Morgan fingerprint density at radius 1 is 1.04 bits per heavy atom. The van der Waals surface area contributed by atoms with Gasteiger partial charge in [0.25, 0.3) is 5.91 Å². The van der Waals surface area contributed by atoms with Crippen LogP contribution in [0.1, 0.15) is 15.9 Å². The molecule has 0 spiro atoms. The summed E-state index contributed by atoms with van der Waals surface area (Å²) >= 11 is 0. The Morgan fingerprint density at radius 2 is 1.77 bits per heavy atom. The first-order valence-corrected chi connectivity index (χ1v) is 8.33. The van der Waals surface area contributed by atoms with Gasteiger partial charge in [-0.3, -0.25) is 4.79 Å². The van der Waals surface area contributed by atoms with Crippen molar-refractivity contribution in [2.24, 2.45) is 0 Å². The quantitative estimate of drug-likeness (QED) is 0.716. The first-order chi connectivity index (χ1) is 12.7. The van der Waals surface area contributed by atoms with Crippen LogP contribution in [0.25, 0.3) is 0 Å². The number of anilines is 3. The second-order valence-electron chi connectivity index (χ2n) is 5.79. The average Bonchev–Trinajstić information content (AvgIpc) is 2.72. The highest BCUT2D eigenvalue weighted by atomic mass is 16.1. The SMILES string of the molecule is CNC(=O)c1ccc(CNc2cc(N(C)c3ccccc3)ncn2)cc1. The Kier molecular flexibility index (Phi) is 5.43. The van der Waals surface area contributed by atoms with Crippen molar-refractivity contribution in [3.63, 3.8) is 0 Å². The van der Waals surface area contributed by atoms with E-state index < -0.39 is 0 Å². The van der Waals surface area contributed by atoms with E-state index in [1.807, 2.05) is 72.6 Å². The van der Waals surface area contributed by atoms with Crippen LogP contribution in [0.5, 0.6) is 0 Å². The number of carbonyl (C=O) groups excluding carboxylic acids is 1. The van der Waals surface area contributed by atoms with Gasteiger partial charge >= 0.3 is 0 Å². The number of benzene rings is 2. The van der Waals surface area contributed by atoms with E-state index in [2.05, 4.69) is 20.6 Å². The van der Waals surface area contributed by atoms with Gasteiger partial charge in [0, 0.05) is 38.0 Å². The zero-order valence-electron chi connectivity index (χ0n) is 14.8. The lowest BCUT2D eigenvalue weighted by molar-refractivity contribution is 0.0963. The number of nitrogens with one attached hydrogen (secondary N) is 2. The summed E-state index contributed by atoms with van der Waals surface area (Å²) in [5.41, 5.74) is 2.77. The molecule has 2 N–H and O–H groups in total. The van der Waals surface area contributed by atoms with Crippen molar-refractivity contribution in [2.75, 3.05) is 24.3 Å². The summed E-state index contributed by atoms with van der Waals surface area (Å²) in [6.07, 6.45) is 1.55. The minimum atomic E-state index is -0.0890. The van der Waals surface area contributed by atoms with Gasteiger partial charge in [0.2, 0.25) is 0 Å². The van der Waals surface area contributed by atoms with Gasteiger partial charge in [-0.15, -0.1) is 0 Å². The predicted molar refractivity (Wildman–Crippen MR) is 104 cm³/mol. The monoisotopic (exact) mass is 347 g/mol. The van der Waals surface area contributed by atoms with E-state index in [1.165, 1.54) is 0 Å². The third-order valence-electron chi connectivity index (χ3n) is 4.06. The maximum absolute atomic E-state index is 11.6. The number of carbonyl (C=O) groups is 1. The summed E-state index contributed by atoms with van der Waals surface area (Å²) in [5.74, 6) is 1.46. The van der Waals surface area contributed by atoms with Gasteiger partial charge < -0.3 is 15.5 Å². The zero-order chi connectivity index (χ0) is 18.4. The molecule has 132 valence electrons. The molecule has 0 aliphatic heterocycles. The fourth-order valence-corrected chi connectivity index (χ4v) is 2.52. The molecular formula is C20H21N5O. The Bertz CT molecular complexity index is 865. The van der Waals surface area contributed by atoms with Crippen LogP contribution >= 0.6 is 0 Å². The van der Waals surface area contributed by atoms with Crippen LogP contribution in [0, 0.1) is 0 Å². The molecule has 3 aromatic rings. The van der Waals surface area contributed by atoms with E-state index in [4.69, 9.17) is 0 Å². The molecule has 0 fully saturated rings. The largest absolute Gasteiger partial charge is 0.366 e. The van der Waals surface area contributed by atoms with Crippen LogP contribution in [0.4, 0.5) is 17.3 Å². The zero-order valence-corrected chi connectivity index (χ0v) is 14.8. The van der Waals surface area contributed by atoms with Crippen molar-refractivity contribution in [2.45, 2.75) is 6.54 Å². The lowest BCUT2D eigenvalue weighted by Gasteiger charge is -2.18. The second-order valence-corrected chi connectivity index (χ2v) is 5.79. The van der Waals surface area contributed by atoms with Crippen molar-refractivity contribution in [1.29, 1.82) is 0 Å². The minimum absolute atomic E-state index is 0.0890. The molecule has 0 radical (unpaired) electrons. The molecule has 0 bridgehead atoms. The van der Waals surface area contributed by atoms with Gasteiger partial charge in [-0.1, -0.05) is 30.3 Å². The van der Waals surface area contributed by atoms with Crippen LogP contribution in [0.3, 0.4) is 0 Å². The molecule has 1 aromatic heterocycles. The van der Waals surface area contributed by atoms with Crippen molar-refractivity contribution in [3.05, 3.63) is 78.1 Å². The normalized spacial score (nSPS) is 10.2. The van der Waals surface area contributed by atoms with E-state index in [-0.39, 0.29) is 5.91 Å². The highest BCUT2D eigenvalue weighted by Crippen LogP contribution is 2.22. The standard InChI is InChI=1S/C20H21N5O/c1-21-20(26)16-10-8-15(9-11-16)13-22-18-12-19(24-14-23-18)25(2)17-6-4-3-5-7-17/h3-12,14H,13H2,1-2H3,(H,21,26)(H,22,23,24). The topological polar surface area (TPSA) is 70.2 Å². The maximum Gasteiger partial charge on any atom is 0.251 e. The number of hydrogen-bond donors (Lipinski definition) is 2. The summed E-state index contributed by atoms with van der Waals surface area (Å²) < 4.78 is 0. The lowest BCUT2D eigenvalue weighted by atomic mass is 10.1. The highest BCUT2D eigenvalue weighted by Gasteiger charge is 2.07. The smallest absolute Gasteiger partial charge is 0.251 e. The molecule has 6 nitrogen and oxygen atoms in total. The summed E-state index contributed by atoms with van der Waals surface area (Å²) in [4.78, 5) is 22.2. The number of hydrogen-bond acceptors (Lipinski definition) is 5. The molecular weight excluding hydrogens is 326 g/mol. The van der Waals surface area contributed by atoms with Gasteiger partial charge in [-0.2, -0.15) is 0 Å². The molecule has 1 heterocycles. The van der Waals surface area contributed by atoms with Crippen LogP contribution in [-0.4, -0.2) is 30.0 Å². The van der Waals surface area contributed by atoms with E-state index in [9.17, 15) is 4.79 Å². The number of rotatable bonds is 6. The van der Waals surface area contributed by atoms with Gasteiger partial charge in [0.15, 0.2) is 0 Å². The lowest BCUT2D eigenvalue weighted by Crippen LogP contribution is -2.17. The van der Waals surface area contributed by atoms with Gasteiger partial charge in [0.05, 0.1) is 0 Å². The van der Waals surface area contributed by atoms with Gasteiger partial charge in [-0.05, 0) is 29.8 Å². The van der Waals surface area contributed by atoms with Crippen molar-refractivity contribution >= 4 is 23.2 Å². The number of nitrogens with zero attached hydrogens (tertiary/aromatic N) is 3. The molecule has 26 heavy (non-hydrogen) atoms. The van der Waals surface area contributed by atoms with Crippen molar-refractivity contribution < 1.29 is 4.79 Å². The second kappa shape index (κ2) is 8.11. The Hall–Kier alpha value is -3.41. The van der Waals surface area contributed by atoms with E-state index in [0.29, 0.717) is 12.1 Å². The van der Waals surface area contributed by atoms with Crippen LogP contribution < -0.4 is 15.5 Å². The molecule has 0 saturated heterocycles. The summed E-state index contributed by atoms with van der Waals surface area (Å²) in [6, 6.07) is 19.4. The van der Waals surface area contributed by atoms with Crippen LogP contribution in [0.15, 0.2) is 67.0 Å². The maximum atomic E-state index is 11.6. The number of amides is 1. The molecule has 0 saturated carbocycles.